The number of nitrogens with one attached hydrogen (secondary N) is 1. The molecule has 18 heavy (non-hydrogen) atoms. The van der Waals surface area contributed by atoms with Gasteiger partial charge in [-0.3, -0.25) is 4.79 Å². The maximum absolute atomic E-state index is 12.1. The largest absolute Gasteiger partial charge is 0.481 e. The van der Waals surface area contributed by atoms with Gasteiger partial charge in [0.25, 0.3) is 0 Å². The summed E-state index contributed by atoms with van der Waals surface area (Å²) >= 11 is 0. The molecule has 1 aliphatic heterocycles. The predicted molar refractivity (Wildman–Crippen MR) is 67.2 cm³/mol. The highest BCUT2D eigenvalue weighted by molar-refractivity contribution is 5.77. The van der Waals surface area contributed by atoms with Gasteiger partial charge in [0, 0.05) is 19.1 Å². The number of amides is 2. The molecule has 0 radical (unpaired) electrons. The monoisotopic (exact) mass is 254 g/mol. The minimum atomic E-state index is -0.799. The zero-order chi connectivity index (χ0) is 13.3. The van der Waals surface area contributed by atoms with Crippen molar-refractivity contribution in [1.29, 1.82) is 0 Å². The van der Waals surface area contributed by atoms with Gasteiger partial charge in [0.15, 0.2) is 0 Å². The van der Waals surface area contributed by atoms with Crippen LogP contribution in [0.1, 0.15) is 33.1 Å². The van der Waals surface area contributed by atoms with Crippen LogP contribution in [0.15, 0.2) is 0 Å². The first-order valence-corrected chi connectivity index (χ1v) is 6.77. The second-order valence-electron chi connectivity index (χ2n) is 5.79. The Morgan fingerprint density at radius 3 is 2.39 bits per heavy atom. The summed E-state index contributed by atoms with van der Waals surface area (Å²) in [4.78, 5) is 24.7. The molecular formula is C13H22N2O3. The van der Waals surface area contributed by atoms with E-state index < -0.39 is 11.9 Å². The van der Waals surface area contributed by atoms with Gasteiger partial charge in [-0.05, 0) is 24.7 Å². The molecule has 4 atom stereocenters. The molecule has 1 aliphatic carbocycles. The Morgan fingerprint density at radius 1 is 1.17 bits per heavy atom. The summed E-state index contributed by atoms with van der Waals surface area (Å²) in [6.07, 6.45) is 3.37. The number of likely N-dealkylation sites (tertiary alicyclic amines) is 1. The molecule has 2 aliphatic rings. The second kappa shape index (κ2) is 5.16. The van der Waals surface area contributed by atoms with E-state index in [-0.39, 0.29) is 18.0 Å². The van der Waals surface area contributed by atoms with Crippen LogP contribution in [0.25, 0.3) is 0 Å². The molecule has 2 amide bonds. The van der Waals surface area contributed by atoms with E-state index in [1.807, 2.05) is 6.92 Å². The number of hydrogen-bond acceptors (Lipinski definition) is 2. The molecule has 1 heterocycles. The lowest BCUT2D eigenvalue weighted by Crippen LogP contribution is -2.45. The fraction of sp³-hybridized carbons (Fsp3) is 0.846. The molecule has 1 saturated carbocycles. The maximum atomic E-state index is 12.1. The number of carbonyl (C=O) groups excluding carboxylic acids is 1. The molecule has 0 bridgehead atoms. The second-order valence-corrected chi connectivity index (χ2v) is 5.79. The topological polar surface area (TPSA) is 69.6 Å². The molecule has 5 heteroatoms. The van der Waals surface area contributed by atoms with Crippen LogP contribution in [0.5, 0.6) is 0 Å². The maximum Gasteiger partial charge on any atom is 0.317 e. The van der Waals surface area contributed by atoms with Crippen molar-refractivity contribution >= 4 is 12.0 Å². The molecule has 4 unspecified atom stereocenters. The van der Waals surface area contributed by atoms with Gasteiger partial charge in [0.05, 0.1) is 5.92 Å². The molecule has 0 spiro atoms. The van der Waals surface area contributed by atoms with Crippen molar-refractivity contribution in [2.45, 2.75) is 39.2 Å². The molecule has 0 aromatic rings. The highest BCUT2D eigenvalue weighted by atomic mass is 16.4. The molecule has 0 aromatic heterocycles. The van der Waals surface area contributed by atoms with E-state index in [9.17, 15) is 9.59 Å². The van der Waals surface area contributed by atoms with Gasteiger partial charge in [-0.25, -0.2) is 4.79 Å². The van der Waals surface area contributed by atoms with Gasteiger partial charge in [-0.1, -0.05) is 20.3 Å². The lowest BCUT2D eigenvalue weighted by atomic mass is 9.99. The van der Waals surface area contributed by atoms with Crippen molar-refractivity contribution in [1.82, 2.24) is 10.2 Å². The Morgan fingerprint density at radius 2 is 1.89 bits per heavy atom. The number of hydrogen-bond donors (Lipinski definition) is 2. The Labute approximate surface area is 108 Å². The first-order chi connectivity index (χ1) is 8.49. The van der Waals surface area contributed by atoms with Crippen LogP contribution < -0.4 is 5.32 Å². The van der Waals surface area contributed by atoms with Gasteiger partial charge in [-0.15, -0.1) is 0 Å². The van der Waals surface area contributed by atoms with Crippen molar-refractivity contribution in [3.8, 4) is 0 Å². The molecule has 1 saturated heterocycles. The summed E-state index contributed by atoms with van der Waals surface area (Å²) in [5.41, 5.74) is 0. The van der Waals surface area contributed by atoms with E-state index >= 15 is 0 Å². The SMILES string of the molecule is CC1CCCC1NC(=O)N1CC(C)C(C(=O)O)C1. The summed E-state index contributed by atoms with van der Waals surface area (Å²) in [6.45, 7) is 4.93. The molecule has 2 rings (SSSR count). The third kappa shape index (κ3) is 2.60. The van der Waals surface area contributed by atoms with Crippen molar-refractivity contribution < 1.29 is 14.7 Å². The number of aliphatic carboxylic acids is 1. The van der Waals surface area contributed by atoms with Crippen LogP contribution in [0.3, 0.4) is 0 Å². The van der Waals surface area contributed by atoms with E-state index in [1.165, 1.54) is 12.8 Å². The van der Waals surface area contributed by atoms with Crippen LogP contribution >= 0.6 is 0 Å². The predicted octanol–water partition coefficient (Wildman–Crippen LogP) is 1.54. The van der Waals surface area contributed by atoms with Crippen molar-refractivity contribution in [3.05, 3.63) is 0 Å². The number of urea groups is 1. The molecule has 0 aromatic carbocycles. The Hall–Kier alpha value is -1.26. The number of rotatable bonds is 2. The van der Waals surface area contributed by atoms with Gasteiger partial charge in [0.1, 0.15) is 0 Å². The Kier molecular flexibility index (Phi) is 3.78. The lowest BCUT2D eigenvalue weighted by Gasteiger charge is -2.22. The van der Waals surface area contributed by atoms with Gasteiger partial charge in [0.2, 0.25) is 0 Å². The number of carbonyl (C=O) groups is 2. The van der Waals surface area contributed by atoms with Gasteiger partial charge < -0.3 is 15.3 Å². The van der Waals surface area contributed by atoms with Crippen LogP contribution in [-0.4, -0.2) is 41.1 Å². The van der Waals surface area contributed by atoms with Crippen molar-refractivity contribution in [2.75, 3.05) is 13.1 Å². The molecule has 2 fully saturated rings. The number of carboxylic acids is 1. The number of carboxylic acid groups (broad SMARTS) is 1. The molecule has 2 N–H and O–H groups in total. The van der Waals surface area contributed by atoms with E-state index in [0.29, 0.717) is 19.0 Å². The number of nitrogens with zero attached hydrogens (tertiary/aromatic N) is 1. The summed E-state index contributed by atoms with van der Waals surface area (Å²) in [6, 6.07) is 0.168. The lowest BCUT2D eigenvalue weighted by molar-refractivity contribution is -0.142. The minimum absolute atomic E-state index is 0.0363. The zero-order valence-corrected chi connectivity index (χ0v) is 11.1. The highest BCUT2D eigenvalue weighted by Crippen LogP contribution is 2.26. The van der Waals surface area contributed by atoms with E-state index in [1.54, 1.807) is 4.90 Å². The van der Waals surface area contributed by atoms with Crippen LogP contribution in [0.2, 0.25) is 0 Å². The Bertz CT molecular complexity index is 345. The average molecular weight is 254 g/mol. The summed E-state index contributed by atoms with van der Waals surface area (Å²) in [7, 11) is 0. The molecular weight excluding hydrogens is 232 g/mol. The molecule has 102 valence electrons. The smallest absolute Gasteiger partial charge is 0.317 e. The van der Waals surface area contributed by atoms with Crippen LogP contribution in [0.4, 0.5) is 4.79 Å². The van der Waals surface area contributed by atoms with Gasteiger partial charge in [-0.2, -0.15) is 0 Å². The molecule has 5 nitrogen and oxygen atoms in total. The zero-order valence-electron chi connectivity index (χ0n) is 11.1. The minimum Gasteiger partial charge on any atom is -0.481 e. The fourth-order valence-electron chi connectivity index (χ4n) is 3.06. The fourth-order valence-corrected chi connectivity index (χ4v) is 3.06. The third-order valence-electron chi connectivity index (χ3n) is 4.39. The normalized spacial score (nSPS) is 35.8. The van der Waals surface area contributed by atoms with Crippen LogP contribution in [0, 0.1) is 17.8 Å². The van der Waals surface area contributed by atoms with E-state index in [0.717, 1.165) is 6.42 Å². The summed E-state index contributed by atoms with van der Waals surface area (Å²) < 4.78 is 0. The van der Waals surface area contributed by atoms with Crippen molar-refractivity contribution in [2.24, 2.45) is 17.8 Å². The third-order valence-corrected chi connectivity index (χ3v) is 4.39. The van der Waals surface area contributed by atoms with Crippen LogP contribution in [-0.2, 0) is 4.79 Å². The Balaban J connectivity index is 1.89. The van der Waals surface area contributed by atoms with Gasteiger partial charge >= 0.3 is 12.0 Å². The van der Waals surface area contributed by atoms with Crippen molar-refractivity contribution in [3.63, 3.8) is 0 Å². The van der Waals surface area contributed by atoms with E-state index in [4.69, 9.17) is 5.11 Å². The quantitative estimate of drug-likeness (QED) is 0.785. The average Bonchev–Trinajstić information content (AvgIpc) is 2.86. The highest BCUT2D eigenvalue weighted by Gasteiger charge is 2.38. The standard InChI is InChI=1S/C13H22N2O3/c1-8-4-3-5-11(8)14-13(18)15-6-9(2)10(7-15)12(16)17/h8-11H,3-7H2,1-2H3,(H,14,18)(H,16,17). The first kappa shape index (κ1) is 13.2. The first-order valence-electron chi connectivity index (χ1n) is 6.77. The summed E-state index contributed by atoms with van der Waals surface area (Å²) in [5, 5.41) is 12.1. The van der Waals surface area contributed by atoms with E-state index in [2.05, 4.69) is 12.2 Å². The summed E-state index contributed by atoms with van der Waals surface area (Å²) in [5.74, 6) is -0.651.